The normalized spacial score (nSPS) is 43.0. The number of hydrogen-bond donors (Lipinski definition) is 1. The Balaban J connectivity index is 2.05. The Kier molecular flexibility index (Phi) is 2.37. The molecule has 3 atom stereocenters. The molecule has 2 saturated heterocycles. The van der Waals surface area contributed by atoms with E-state index in [-0.39, 0.29) is 0 Å². The second kappa shape index (κ2) is 3.35. The Hall–Kier alpha value is -0.0800. The molecule has 2 nitrogen and oxygen atoms in total. The summed E-state index contributed by atoms with van der Waals surface area (Å²) in [5.41, 5.74) is 0. The Morgan fingerprint density at radius 1 is 1.50 bits per heavy atom. The molecule has 0 bridgehead atoms. The summed E-state index contributed by atoms with van der Waals surface area (Å²) in [4.78, 5) is 2.54. The first-order chi connectivity index (χ1) is 5.83. The fourth-order valence-electron chi connectivity index (χ4n) is 2.98. The molecule has 0 amide bonds. The lowest BCUT2D eigenvalue weighted by molar-refractivity contribution is 0.265. The molecule has 2 heterocycles. The summed E-state index contributed by atoms with van der Waals surface area (Å²) in [6, 6.07) is 1.60. The first-order valence-corrected chi connectivity index (χ1v) is 5.26. The van der Waals surface area contributed by atoms with Gasteiger partial charge < -0.3 is 10.2 Å². The maximum atomic E-state index is 3.67. The van der Waals surface area contributed by atoms with E-state index in [0.29, 0.717) is 0 Å². The Bertz CT molecular complexity index is 158. The smallest absolute Gasteiger partial charge is 0.0263 e. The van der Waals surface area contributed by atoms with Gasteiger partial charge in [-0.05, 0) is 38.8 Å². The highest BCUT2D eigenvalue weighted by atomic mass is 15.2. The van der Waals surface area contributed by atoms with E-state index in [4.69, 9.17) is 0 Å². The molecule has 0 spiro atoms. The van der Waals surface area contributed by atoms with Crippen molar-refractivity contribution >= 4 is 0 Å². The average molecular weight is 168 g/mol. The third kappa shape index (κ3) is 1.27. The summed E-state index contributed by atoms with van der Waals surface area (Å²) in [5.74, 6) is 0.939. The summed E-state index contributed by atoms with van der Waals surface area (Å²) >= 11 is 0. The Morgan fingerprint density at radius 3 is 3.08 bits per heavy atom. The zero-order chi connectivity index (χ0) is 8.55. The second-order valence-corrected chi connectivity index (χ2v) is 4.30. The lowest BCUT2D eigenvalue weighted by atomic mass is 9.90. The van der Waals surface area contributed by atoms with Crippen LogP contribution in [0.1, 0.15) is 26.2 Å². The maximum Gasteiger partial charge on any atom is 0.0263 e. The van der Waals surface area contributed by atoms with Gasteiger partial charge in [0.2, 0.25) is 0 Å². The van der Waals surface area contributed by atoms with Crippen LogP contribution in [0.2, 0.25) is 0 Å². The van der Waals surface area contributed by atoms with Gasteiger partial charge in [0.1, 0.15) is 0 Å². The number of nitrogens with one attached hydrogen (secondary N) is 1. The summed E-state index contributed by atoms with van der Waals surface area (Å²) in [6.45, 7) is 4.86. The van der Waals surface area contributed by atoms with Crippen LogP contribution in [-0.2, 0) is 0 Å². The summed E-state index contributed by atoms with van der Waals surface area (Å²) in [6.07, 6.45) is 4.12. The lowest BCUT2D eigenvalue weighted by Gasteiger charge is -2.30. The number of nitrogens with zero attached hydrogens (tertiary/aromatic N) is 1. The van der Waals surface area contributed by atoms with Crippen molar-refractivity contribution in [1.29, 1.82) is 0 Å². The van der Waals surface area contributed by atoms with E-state index in [2.05, 4.69) is 24.2 Å². The molecule has 1 N–H and O–H groups in total. The number of rotatable bonds is 1. The highest BCUT2D eigenvalue weighted by Crippen LogP contribution is 2.30. The van der Waals surface area contributed by atoms with Gasteiger partial charge in [0, 0.05) is 18.6 Å². The van der Waals surface area contributed by atoms with Crippen LogP contribution in [0.3, 0.4) is 0 Å². The fraction of sp³-hybridized carbons (Fsp3) is 1.00. The minimum absolute atomic E-state index is 0.800. The average Bonchev–Trinajstić information content (AvgIpc) is 2.40. The molecule has 12 heavy (non-hydrogen) atoms. The van der Waals surface area contributed by atoms with E-state index in [1.165, 1.54) is 32.4 Å². The number of fused-ring (bicyclic) bond motifs is 1. The van der Waals surface area contributed by atoms with Crippen molar-refractivity contribution in [3.8, 4) is 0 Å². The molecule has 70 valence electrons. The van der Waals surface area contributed by atoms with Crippen molar-refractivity contribution < 1.29 is 0 Å². The highest BCUT2D eigenvalue weighted by molar-refractivity contribution is 4.97. The van der Waals surface area contributed by atoms with E-state index >= 15 is 0 Å². The van der Waals surface area contributed by atoms with Crippen molar-refractivity contribution in [3.63, 3.8) is 0 Å². The quantitative estimate of drug-likeness (QED) is 0.630. The van der Waals surface area contributed by atoms with Gasteiger partial charge in [-0.3, -0.25) is 0 Å². The van der Waals surface area contributed by atoms with Crippen LogP contribution in [-0.4, -0.2) is 37.1 Å². The molecule has 0 aliphatic carbocycles. The predicted octanol–water partition coefficient (Wildman–Crippen LogP) is 1.08. The third-order valence-corrected chi connectivity index (χ3v) is 3.56. The van der Waals surface area contributed by atoms with Gasteiger partial charge in [-0.2, -0.15) is 0 Å². The maximum absolute atomic E-state index is 3.67. The number of likely N-dealkylation sites (tertiary alicyclic amines) is 1. The first kappa shape index (κ1) is 8.52. The highest BCUT2D eigenvalue weighted by Gasteiger charge is 2.39. The number of likely N-dealkylation sites (N-methyl/N-ethyl adjacent to an activating group) is 1. The molecule has 0 aromatic carbocycles. The van der Waals surface area contributed by atoms with Crippen molar-refractivity contribution in [1.82, 2.24) is 10.2 Å². The fourth-order valence-corrected chi connectivity index (χ4v) is 2.98. The van der Waals surface area contributed by atoms with Gasteiger partial charge in [-0.1, -0.05) is 6.92 Å². The molecule has 0 aromatic heterocycles. The van der Waals surface area contributed by atoms with Crippen LogP contribution in [0, 0.1) is 5.92 Å². The molecule has 0 aromatic rings. The summed E-state index contributed by atoms with van der Waals surface area (Å²) in [5, 5.41) is 3.67. The summed E-state index contributed by atoms with van der Waals surface area (Å²) < 4.78 is 0. The van der Waals surface area contributed by atoms with E-state index in [9.17, 15) is 0 Å². The Morgan fingerprint density at radius 2 is 2.33 bits per heavy atom. The molecule has 0 saturated carbocycles. The van der Waals surface area contributed by atoms with E-state index in [1.54, 1.807) is 0 Å². The largest absolute Gasteiger partial charge is 0.312 e. The molecule has 2 fully saturated rings. The van der Waals surface area contributed by atoms with Gasteiger partial charge >= 0.3 is 0 Å². The van der Waals surface area contributed by atoms with E-state index < -0.39 is 0 Å². The van der Waals surface area contributed by atoms with Crippen LogP contribution < -0.4 is 5.32 Å². The van der Waals surface area contributed by atoms with Gasteiger partial charge in [0.25, 0.3) is 0 Å². The standard InChI is InChI=1S/C10H20N2/c1-3-9-10-8(7-12(9)2)5-4-6-11-10/h8-11H,3-7H2,1-2H3. The third-order valence-electron chi connectivity index (χ3n) is 3.56. The molecule has 3 unspecified atom stereocenters. The molecular formula is C10H20N2. The van der Waals surface area contributed by atoms with Crippen LogP contribution in [0.5, 0.6) is 0 Å². The van der Waals surface area contributed by atoms with Crippen molar-refractivity contribution in [2.75, 3.05) is 20.1 Å². The zero-order valence-electron chi connectivity index (χ0n) is 8.21. The van der Waals surface area contributed by atoms with Crippen molar-refractivity contribution in [2.24, 2.45) is 5.92 Å². The Labute approximate surface area is 75.3 Å². The molecular weight excluding hydrogens is 148 g/mol. The van der Waals surface area contributed by atoms with Crippen LogP contribution in [0.4, 0.5) is 0 Å². The van der Waals surface area contributed by atoms with Gasteiger partial charge in [-0.15, -0.1) is 0 Å². The topological polar surface area (TPSA) is 15.3 Å². The SMILES string of the molecule is CCC1C2NCCCC2CN1C. The second-order valence-electron chi connectivity index (χ2n) is 4.30. The molecule has 0 radical (unpaired) electrons. The number of piperidine rings is 1. The number of hydrogen-bond acceptors (Lipinski definition) is 2. The van der Waals surface area contributed by atoms with Crippen molar-refractivity contribution in [2.45, 2.75) is 38.3 Å². The van der Waals surface area contributed by atoms with E-state index in [1.807, 2.05) is 0 Å². The van der Waals surface area contributed by atoms with Crippen LogP contribution >= 0.6 is 0 Å². The summed E-state index contributed by atoms with van der Waals surface area (Å²) in [7, 11) is 2.27. The zero-order valence-corrected chi connectivity index (χ0v) is 8.21. The molecule has 2 rings (SSSR count). The predicted molar refractivity (Wildman–Crippen MR) is 51.2 cm³/mol. The minimum Gasteiger partial charge on any atom is -0.312 e. The molecule has 2 aliphatic rings. The van der Waals surface area contributed by atoms with E-state index in [0.717, 1.165) is 18.0 Å². The lowest BCUT2D eigenvalue weighted by Crippen LogP contribution is -2.46. The monoisotopic (exact) mass is 168 g/mol. The van der Waals surface area contributed by atoms with Gasteiger partial charge in [0.05, 0.1) is 0 Å². The van der Waals surface area contributed by atoms with Crippen molar-refractivity contribution in [3.05, 3.63) is 0 Å². The first-order valence-electron chi connectivity index (χ1n) is 5.26. The van der Waals surface area contributed by atoms with Gasteiger partial charge in [-0.25, -0.2) is 0 Å². The van der Waals surface area contributed by atoms with Crippen LogP contribution in [0.25, 0.3) is 0 Å². The minimum atomic E-state index is 0.800. The van der Waals surface area contributed by atoms with Gasteiger partial charge in [0.15, 0.2) is 0 Å². The van der Waals surface area contributed by atoms with Crippen LogP contribution in [0.15, 0.2) is 0 Å². The molecule has 2 aliphatic heterocycles. The molecule has 2 heteroatoms.